The maximum Gasteiger partial charge on any atom is 0.253 e. The lowest BCUT2D eigenvalue weighted by molar-refractivity contribution is 0.0950. The molecule has 5 heteroatoms. The molecule has 1 N–H and O–H groups in total. The molecule has 0 aromatic carbocycles. The van der Waals surface area contributed by atoms with E-state index in [-0.39, 0.29) is 5.91 Å². The van der Waals surface area contributed by atoms with Crippen molar-refractivity contribution in [3.8, 4) is 0 Å². The fourth-order valence-corrected chi connectivity index (χ4v) is 2.12. The predicted molar refractivity (Wildman–Crippen MR) is 76.7 cm³/mol. The largest absolute Gasteiger partial charge is 0.346 e. The fraction of sp³-hybridized carbons (Fsp3) is 0.214. The molecule has 2 aromatic rings. The van der Waals surface area contributed by atoms with Crippen LogP contribution in [0.25, 0.3) is 0 Å². The Hall–Kier alpha value is -1.75. The molecule has 0 saturated carbocycles. The van der Waals surface area contributed by atoms with Gasteiger partial charge in [-0.15, -0.1) is 0 Å². The van der Waals surface area contributed by atoms with Gasteiger partial charge in [-0.1, -0.05) is 13.0 Å². The molecule has 0 aliphatic carbocycles. The first kappa shape index (κ1) is 13.7. The topological polar surface area (TPSA) is 54.9 Å². The molecule has 0 aliphatic rings. The monoisotopic (exact) mass is 319 g/mol. The molecule has 98 valence electrons. The lowest BCUT2D eigenvalue weighted by Gasteiger charge is -2.08. The van der Waals surface area contributed by atoms with Crippen molar-refractivity contribution in [1.82, 2.24) is 15.3 Å². The number of amides is 1. The average molecular weight is 320 g/mol. The van der Waals surface area contributed by atoms with Crippen molar-refractivity contribution in [2.45, 2.75) is 19.9 Å². The summed E-state index contributed by atoms with van der Waals surface area (Å²) in [5.41, 5.74) is 2.58. The van der Waals surface area contributed by atoms with E-state index in [0.717, 1.165) is 22.2 Å². The highest BCUT2D eigenvalue weighted by molar-refractivity contribution is 9.10. The summed E-state index contributed by atoms with van der Waals surface area (Å²) >= 11 is 3.29. The highest BCUT2D eigenvalue weighted by Crippen LogP contribution is 2.10. The van der Waals surface area contributed by atoms with Gasteiger partial charge in [0.1, 0.15) is 0 Å². The van der Waals surface area contributed by atoms with Crippen LogP contribution >= 0.6 is 15.9 Å². The fourth-order valence-electron chi connectivity index (χ4n) is 1.75. The van der Waals surface area contributed by atoms with E-state index in [1.165, 1.54) is 0 Å². The number of pyridine rings is 2. The van der Waals surface area contributed by atoms with Gasteiger partial charge in [0.25, 0.3) is 5.91 Å². The van der Waals surface area contributed by atoms with E-state index < -0.39 is 0 Å². The van der Waals surface area contributed by atoms with Crippen molar-refractivity contribution >= 4 is 21.8 Å². The van der Waals surface area contributed by atoms with Gasteiger partial charge in [-0.25, -0.2) is 0 Å². The summed E-state index contributed by atoms with van der Waals surface area (Å²) in [6, 6.07) is 5.67. The van der Waals surface area contributed by atoms with Crippen LogP contribution in [0.15, 0.2) is 41.3 Å². The Morgan fingerprint density at radius 2 is 2.26 bits per heavy atom. The second-order valence-corrected chi connectivity index (χ2v) is 4.95. The molecular formula is C14H14BrN3O. The number of carbonyl (C=O) groups is 1. The third-order valence-corrected chi connectivity index (χ3v) is 3.18. The third-order valence-electron chi connectivity index (χ3n) is 2.75. The van der Waals surface area contributed by atoms with Crippen LogP contribution in [0.4, 0.5) is 0 Å². The van der Waals surface area contributed by atoms with Crippen molar-refractivity contribution in [2.75, 3.05) is 0 Å². The zero-order chi connectivity index (χ0) is 13.7. The Morgan fingerprint density at radius 3 is 3.00 bits per heavy atom. The molecule has 0 spiro atoms. The smallest absolute Gasteiger partial charge is 0.253 e. The van der Waals surface area contributed by atoms with Gasteiger partial charge in [0.05, 0.1) is 17.8 Å². The number of halogens is 1. The molecule has 0 saturated heterocycles. The Morgan fingerprint density at radius 1 is 1.42 bits per heavy atom. The minimum Gasteiger partial charge on any atom is -0.346 e. The standard InChI is InChI=1S/C14H14BrN3O/c1-2-10-4-3-5-17-13(10)9-18-14(19)11-6-12(15)8-16-7-11/h3-8H,2,9H2,1H3,(H,18,19). The summed E-state index contributed by atoms with van der Waals surface area (Å²) in [5, 5.41) is 2.85. The Balaban J connectivity index is 2.04. The average Bonchev–Trinajstić information content (AvgIpc) is 2.45. The van der Waals surface area contributed by atoms with Crippen molar-refractivity contribution in [1.29, 1.82) is 0 Å². The summed E-state index contributed by atoms with van der Waals surface area (Å²) in [7, 11) is 0. The summed E-state index contributed by atoms with van der Waals surface area (Å²) in [6.45, 7) is 2.50. The first-order chi connectivity index (χ1) is 9.20. The SMILES string of the molecule is CCc1cccnc1CNC(=O)c1cncc(Br)c1. The lowest BCUT2D eigenvalue weighted by atomic mass is 10.1. The van der Waals surface area contributed by atoms with E-state index in [9.17, 15) is 4.79 Å². The summed E-state index contributed by atoms with van der Waals surface area (Å²) in [5.74, 6) is -0.151. The second kappa shape index (κ2) is 6.43. The molecule has 2 rings (SSSR count). The van der Waals surface area contributed by atoms with Crippen molar-refractivity contribution < 1.29 is 4.79 Å². The predicted octanol–water partition coefficient (Wildman–Crippen LogP) is 2.73. The number of hydrogen-bond acceptors (Lipinski definition) is 3. The molecule has 2 aromatic heterocycles. The first-order valence-electron chi connectivity index (χ1n) is 6.02. The molecule has 0 fully saturated rings. The summed E-state index contributed by atoms with van der Waals surface area (Å²) in [4.78, 5) is 20.2. The van der Waals surface area contributed by atoms with Crippen LogP contribution in [0.5, 0.6) is 0 Å². The molecule has 2 heterocycles. The Kier molecular flexibility index (Phi) is 4.63. The van der Waals surface area contributed by atoms with E-state index >= 15 is 0 Å². The van der Waals surface area contributed by atoms with E-state index in [1.807, 2.05) is 12.1 Å². The summed E-state index contributed by atoms with van der Waals surface area (Å²) < 4.78 is 0.784. The van der Waals surface area contributed by atoms with E-state index in [0.29, 0.717) is 12.1 Å². The molecule has 1 amide bonds. The Labute approximate surface area is 120 Å². The molecule has 0 atom stereocenters. The van der Waals surface area contributed by atoms with Crippen LogP contribution in [-0.4, -0.2) is 15.9 Å². The van der Waals surface area contributed by atoms with Gasteiger partial charge in [-0.3, -0.25) is 14.8 Å². The van der Waals surface area contributed by atoms with Crippen molar-refractivity contribution in [3.63, 3.8) is 0 Å². The van der Waals surface area contributed by atoms with Gasteiger partial charge in [0.2, 0.25) is 0 Å². The number of rotatable bonds is 4. The molecule has 0 aliphatic heterocycles. The number of hydrogen-bond donors (Lipinski definition) is 1. The first-order valence-corrected chi connectivity index (χ1v) is 6.81. The highest BCUT2D eigenvalue weighted by Gasteiger charge is 2.08. The highest BCUT2D eigenvalue weighted by atomic mass is 79.9. The van der Waals surface area contributed by atoms with Crippen LogP contribution in [0.2, 0.25) is 0 Å². The van der Waals surface area contributed by atoms with Gasteiger partial charge < -0.3 is 5.32 Å². The van der Waals surface area contributed by atoms with Gasteiger partial charge in [-0.05, 0) is 40.0 Å². The molecule has 0 radical (unpaired) electrons. The summed E-state index contributed by atoms with van der Waals surface area (Å²) in [6.07, 6.45) is 5.82. The van der Waals surface area contributed by atoms with Crippen LogP contribution in [0.1, 0.15) is 28.5 Å². The normalized spacial score (nSPS) is 10.2. The van der Waals surface area contributed by atoms with E-state index in [4.69, 9.17) is 0 Å². The molecule has 4 nitrogen and oxygen atoms in total. The van der Waals surface area contributed by atoms with E-state index in [2.05, 4.69) is 38.1 Å². The maximum absolute atomic E-state index is 12.0. The van der Waals surface area contributed by atoms with Gasteiger partial charge in [0.15, 0.2) is 0 Å². The third kappa shape index (κ3) is 3.61. The number of aryl methyl sites for hydroxylation is 1. The number of aromatic nitrogens is 2. The van der Waals surface area contributed by atoms with Crippen LogP contribution in [-0.2, 0) is 13.0 Å². The van der Waals surface area contributed by atoms with Gasteiger partial charge in [-0.2, -0.15) is 0 Å². The Bertz CT molecular complexity index is 586. The van der Waals surface area contributed by atoms with Crippen LogP contribution in [0, 0.1) is 0 Å². The van der Waals surface area contributed by atoms with Crippen LogP contribution < -0.4 is 5.32 Å². The molecule has 0 unspecified atom stereocenters. The maximum atomic E-state index is 12.0. The zero-order valence-corrected chi connectivity index (χ0v) is 12.1. The minimum absolute atomic E-state index is 0.151. The molecule has 19 heavy (non-hydrogen) atoms. The number of carbonyl (C=O) groups excluding carboxylic acids is 1. The molecular weight excluding hydrogens is 306 g/mol. The van der Waals surface area contributed by atoms with Crippen molar-refractivity contribution in [2.24, 2.45) is 0 Å². The van der Waals surface area contributed by atoms with Gasteiger partial charge in [0, 0.05) is 23.1 Å². The van der Waals surface area contributed by atoms with E-state index in [1.54, 1.807) is 24.7 Å². The number of nitrogens with zero attached hydrogens (tertiary/aromatic N) is 2. The van der Waals surface area contributed by atoms with Crippen LogP contribution in [0.3, 0.4) is 0 Å². The quantitative estimate of drug-likeness (QED) is 0.942. The van der Waals surface area contributed by atoms with Gasteiger partial charge >= 0.3 is 0 Å². The second-order valence-electron chi connectivity index (χ2n) is 4.04. The van der Waals surface area contributed by atoms with Crippen molar-refractivity contribution in [3.05, 3.63) is 58.1 Å². The number of nitrogens with one attached hydrogen (secondary N) is 1. The minimum atomic E-state index is -0.151. The lowest BCUT2D eigenvalue weighted by Crippen LogP contribution is -2.24. The molecule has 0 bridgehead atoms. The zero-order valence-electron chi connectivity index (χ0n) is 10.6.